The summed E-state index contributed by atoms with van der Waals surface area (Å²) >= 11 is 0. The van der Waals surface area contributed by atoms with Gasteiger partial charge in [0.1, 0.15) is 11.5 Å². The summed E-state index contributed by atoms with van der Waals surface area (Å²) in [5.41, 5.74) is 1.09. The van der Waals surface area contributed by atoms with Gasteiger partial charge in [0.2, 0.25) is 0 Å². The molecule has 2 saturated carbocycles. The van der Waals surface area contributed by atoms with Gasteiger partial charge in [-0.15, -0.1) is 0 Å². The third-order valence-electron chi connectivity index (χ3n) is 5.92. The molecule has 6 nitrogen and oxygen atoms in total. The number of ketones is 1. The zero-order chi connectivity index (χ0) is 20.1. The molecule has 0 spiro atoms. The molecule has 2 fully saturated rings. The molecule has 1 amide bonds. The van der Waals surface area contributed by atoms with E-state index in [4.69, 9.17) is 9.47 Å². The first kappa shape index (κ1) is 20.4. The van der Waals surface area contributed by atoms with Crippen LogP contribution in [-0.4, -0.2) is 37.4 Å². The SMILES string of the molecule is COc1ccc(CCNC(=O)[C@H](C)OC(=O)C2C[C@H]3CCC[C@@H](C2)C3=O)cc1. The van der Waals surface area contributed by atoms with Gasteiger partial charge in [0.25, 0.3) is 5.91 Å². The molecule has 1 unspecified atom stereocenters. The van der Waals surface area contributed by atoms with Crippen molar-refractivity contribution < 1.29 is 23.9 Å². The van der Waals surface area contributed by atoms with E-state index in [1.165, 1.54) is 0 Å². The first-order chi connectivity index (χ1) is 13.5. The number of ether oxygens (including phenoxy) is 2. The summed E-state index contributed by atoms with van der Waals surface area (Å²) in [6.07, 6.45) is 3.81. The third kappa shape index (κ3) is 4.91. The van der Waals surface area contributed by atoms with Gasteiger partial charge in [-0.2, -0.15) is 0 Å². The van der Waals surface area contributed by atoms with Crippen LogP contribution in [-0.2, 0) is 25.5 Å². The molecule has 0 saturated heterocycles. The predicted molar refractivity (Wildman–Crippen MR) is 104 cm³/mol. The fraction of sp³-hybridized carbons (Fsp3) is 0.591. The van der Waals surface area contributed by atoms with Crippen LogP contribution in [0, 0.1) is 17.8 Å². The van der Waals surface area contributed by atoms with Crippen LogP contribution in [0.4, 0.5) is 0 Å². The Labute approximate surface area is 166 Å². The fourth-order valence-electron chi connectivity index (χ4n) is 4.26. The minimum Gasteiger partial charge on any atom is -0.497 e. The second-order valence-corrected chi connectivity index (χ2v) is 7.86. The van der Waals surface area contributed by atoms with Crippen molar-refractivity contribution in [1.82, 2.24) is 5.32 Å². The summed E-state index contributed by atoms with van der Waals surface area (Å²) in [6.45, 7) is 2.06. The van der Waals surface area contributed by atoms with Crippen molar-refractivity contribution in [1.29, 1.82) is 0 Å². The third-order valence-corrected chi connectivity index (χ3v) is 5.92. The van der Waals surface area contributed by atoms with Crippen molar-refractivity contribution in [2.45, 2.75) is 51.6 Å². The molecule has 0 radical (unpaired) electrons. The van der Waals surface area contributed by atoms with Crippen molar-refractivity contribution in [2.75, 3.05) is 13.7 Å². The van der Waals surface area contributed by atoms with Gasteiger partial charge in [0.15, 0.2) is 6.10 Å². The van der Waals surface area contributed by atoms with E-state index in [2.05, 4.69) is 5.32 Å². The number of esters is 1. The Morgan fingerprint density at radius 3 is 2.39 bits per heavy atom. The van der Waals surface area contributed by atoms with E-state index in [9.17, 15) is 14.4 Å². The van der Waals surface area contributed by atoms with E-state index in [0.717, 1.165) is 30.6 Å². The number of Topliss-reactive ketones (excluding diaryl/α,β-unsaturated/α-hetero) is 1. The molecule has 1 aromatic rings. The predicted octanol–water partition coefficient (Wildman–Crippen LogP) is 2.68. The van der Waals surface area contributed by atoms with Crippen LogP contribution in [0.5, 0.6) is 5.75 Å². The second-order valence-electron chi connectivity index (χ2n) is 7.86. The molecule has 2 aliphatic carbocycles. The Morgan fingerprint density at radius 2 is 1.79 bits per heavy atom. The van der Waals surface area contributed by atoms with E-state index < -0.39 is 6.10 Å². The molecule has 3 rings (SSSR count). The van der Waals surface area contributed by atoms with Crippen LogP contribution in [0.2, 0.25) is 0 Å². The Hall–Kier alpha value is -2.37. The highest BCUT2D eigenvalue weighted by molar-refractivity contribution is 5.88. The number of rotatable bonds is 7. The van der Waals surface area contributed by atoms with Crippen LogP contribution in [0.1, 0.15) is 44.6 Å². The summed E-state index contributed by atoms with van der Waals surface area (Å²) in [5, 5.41) is 2.81. The van der Waals surface area contributed by atoms with Gasteiger partial charge in [0, 0.05) is 18.4 Å². The van der Waals surface area contributed by atoms with E-state index in [1.807, 2.05) is 24.3 Å². The van der Waals surface area contributed by atoms with Crippen molar-refractivity contribution in [2.24, 2.45) is 17.8 Å². The number of amides is 1. The lowest BCUT2D eigenvalue weighted by molar-refractivity contribution is -0.162. The highest BCUT2D eigenvalue weighted by Crippen LogP contribution is 2.40. The standard InChI is InChI=1S/C22H29NO5/c1-14(21(25)23-11-10-15-6-8-19(27-2)9-7-15)28-22(26)18-12-16-4-3-5-17(13-18)20(16)24/h6-9,14,16-18H,3-5,10-13H2,1-2H3,(H,23,25)/t14-,16-,17+,18?/m0/s1. The molecule has 28 heavy (non-hydrogen) atoms. The van der Waals surface area contributed by atoms with Crippen LogP contribution in [0.25, 0.3) is 0 Å². The lowest BCUT2D eigenvalue weighted by Crippen LogP contribution is -2.42. The van der Waals surface area contributed by atoms with E-state index in [1.54, 1.807) is 14.0 Å². The number of nitrogens with one attached hydrogen (secondary N) is 1. The van der Waals surface area contributed by atoms with Crippen molar-refractivity contribution >= 4 is 17.7 Å². The summed E-state index contributed by atoms with van der Waals surface area (Å²) in [5.74, 6) is 0.206. The number of methoxy groups -OCH3 is 1. The normalized spacial score (nSPS) is 24.9. The average Bonchev–Trinajstić information content (AvgIpc) is 2.68. The Morgan fingerprint density at radius 1 is 1.14 bits per heavy atom. The zero-order valence-corrected chi connectivity index (χ0v) is 16.6. The maximum atomic E-state index is 12.5. The first-order valence-electron chi connectivity index (χ1n) is 10.1. The lowest BCUT2D eigenvalue weighted by atomic mass is 9.67. The first-order valence-corrected chi connectivity index (χ1v) is 10.1. The van der Waals surface area contributed by atoms with Gasteiger partial charge in [-0.3, -0.25) is 14.4 Å². The molecular weight excluding hydrogens is 358 g/mol. The molecule has 4 atom stereocenters. The van der Waals surface area contributed by atoms with Crippen LogP contribution >= 0.6 is 0 Å². The maximum Gasteiger partial charge on any atom is 0.309 e. The molecule has 152 valence electrons. The molecule has 0 heterocycles. The van der Waals surface area contributed by atoms with Crippen molar-refractivity contribution in [3.63, 3.8) is 0 Å². The molecule has 2 bridgehead atoms. The monoisotopic (exact) mass is 387 g/mol. The van der Waals surface area contributed by atoms with Gasteiger partial charge in [0.05, 0.1) is 13.0 Å². The molecule has 2 aliphatic rings. The highest BCUT2D eigenvalue weighted by Gasteiger charge is 2.42. The average molecular weight is 387 g/mol. The smallest absolute Gasteiger partial charge is 0.309 e. The molecule has 6 heteroatoms. The summed E-state index contributed by atoms with van der Waals surface area (Å²) in [7, 11) is 1.62. The minimum atomic E-state index is -0.833. The van der Waals surface area contributed by atoms with Crippen molar-refractivity contribution in [3.8, 4) is 5.75 Å². The fourth-order valence-corrected chi connectivity index (χ4v) is 4.26. The lowest BCUT2D eigenvalue weighted by Gasteiger charge is -2.36. The maximum absolute atomic E-state index is 12.5. The van der Waals surface area contributed by atoms with Gasteiger partial charge < -0.3 is 14.8 Å². The summed E-state index contributed by atoms with van der Waals surface area (Å²) < 4.78 is 10.5. The number of fused-ring (bicyclic) bond motifs is 2. The molecule has 1 N–H and O–H groups in total. The number of hydrogen-bond donors (Lipinski definition) is 1. The van der Waals surface area contributed by atoms with Crippen molar-refractivity contribution in [3.05, 3.63) is 29.8 Å². The van der Waals surface area contributed by atoms with E-state index in [0.29, 0.717) is 31.6 Å². The Bertz CT molecular complexity index is 698. The second kappa shape index (κ2) is 9.22. The number of carbonyl (C=O) groups excluding carboxylic acids is 3. The van der Waals surface area contributed by atoms with Crippen LogP contribution in [0.15, 0.2) is 24.3 Å². The number of hydrogen-bond acceptors (Lipinski definition) is 5. The van der Waals surface area contributed by atoms with E-state index in [-0.39, 0.29) is 29.6 Å². The molecular formula is C22H29NO5. The Balaban J connectivity index is 1.42. The highest BCUT2D eigenvalue weighted by atomic mass is 16.5. The van der Waals surface area contributed by atoms with Gasteiger partial charge in [-0.05, 0) is 56.7 Å². The topological polar surface area (TPSA) is 81.7 Å². The quantitative estimate of drug-likeness (QED) is 0.728. The Kier molecular flexibility index (Phi) is 6.70. The number of benzene rings is 1. The summed E-state index contributed by atoms with van der Waals surface area (Å²) in [4.78, 5) is 36.9. The molecule has 0 aromatic heterocycles. The van der Waals surface area contributed by atoms with Gasteiger partial charge in [-0.25, -0.2) is 0 Å². The van der Waals surface area contributed by atoms with Gasteiger partial charge >= 0.3 is 5.97 Å². The largest absolute Gasteiger partial charge is 0.497 e. The van der Waals surface area contributed by atoms with Crippen LogP contribution in [0.3, 0.4) is 0 Å². The van der Waals surface area contributed by atoms with Gasteiger partial charge in [-0.1, -0.05) is 18.6 Å². The summed E-state index contributed by atoms with van der Waals surface area (Å²) in [6, 6.07) is 7.67. The zero-order valence-electron chi connectivity index (χ0n) is 16.6. The molecule has 1 aromatic carbocycles. The van der Waals surface area contributed by atoms with E-state index >= 15 is 0 Å². The van der Waals surface area contributed by atoms with Crippen LogP contribution < -0.4 is 10.1 Å². The molecule has 0 aliphatic heterocycles. The minimum absolute atomic E-state index is 0.00122. The number of carbonyl (C=O) groups is 3.